The molecule has 0 aliphatic heterocycles. The monoisotopic (exact) mass is 438 g/mol. The lowest BCUT2D eigenvalue weighted by Crippen LogP contribution is -2.23. The maximum atomic E-state index is 13.6. The van der Waals surface area contributed by atoms with Gasteiger partial charge in [-0.25, -0.2) is 13.9 Å². The quantitative estimate of drug-likeness (QED) is 0.467. The minimum absolute atomic E-state index is 0.000512. The zero-order chi connectivity index (χ0) is 21.5. The van der Waals surface area contributed by atoms with Crippen molar-refractivity contribution in [3.05, 3.63) is 76.5 Å². The maximum Gasteiger partial charge on any atom is 0.433 e. The molecule has 11 heteroatoms. The van der Waals surface area contributed by atoms with E-state index in [9.17, 15) is 22.4 Å². The van der Waals surface area contributed by atoms with Crippen molar-refractivity contribution < 1.29 is 26.8 Å². The molecule has 1 amide bonds. The van der Waals surface area contributed by atoms with Crippen LogP contribution in [0.4, 0.5) is 17.6 Å². The van der Waals surface area contributed by atoms with Crippen LogP contribution in [0.2, 0.25) is 5.02 Å². The molecule has 0 saturated carbocycles. The number of rotatable bonds is 4. The standard InChI is InChI=1S/C19H11ClF4N4O2/c20-15-16(18(29)25-9-10-3-5-11(21)6-4-10)27-28-14(19(22,23)24)8-12(26-17(15)28)13-2-1-7-30-13/h1-8H,9H2,(H,25,29). The van der Waals surface area contributed by atoms with Crippen LogP contribution in [-0.2, 0) is 12.7 Å². The van der Waals surface area contributed by atoms with Gasteiger partial charge in [0.25, 0.3) is 5.91 Å². The highest BCUT2D eigenvalue weighted by molar-refractivity contribution is 6.36. The number of nitrogens with zero attached hydrogens (tertiary/aromatic N) is 3. The predicted octanol–water partition coefficient (Wildman–Crippen LogP) is 4.73. The van der Waals surface area contributed by atoms with Crippen molar-refractivity contribution in [3.63, 3.8) is 0 Å². The summed E-state index contributed by atoms with van der Waals surface area (Å²) in [6.45, 7) is 0.000512. The summed E-state index contributed by atoms with van der Waals surface area (Å²) in [4.78, 5) is 16.6. The first-order valence-electron chi connectivity index (χ1n) is 8.47. The third kappa shape index (κ3) is 3.73. The molecular weight excluding hydrogens is 428 g/mol. The molecule has 1 aromatic carbocycles. The van der Waals surface area contributed by atoms with E-state index in [1.807, 2.05) is 0 Å². The highest BCUT2D eigenvalue weighted by atomic mass is 35.5. The van der Waals surface area contributed by atoms with E-state index in [4.69, 9.17) is 16.0 Å². The Bertz CT molecular complexity index is 1220. The molecule has 3 aromatic heterocycles. The smallest absolute Gasteiger partial charge is 0.433 e. The highest BCUT2D eigenvalue weighted by Gasteiger charge is 2.37. The lowest BCUT2D eigenvalue weighted by molar-refractivity contribution is -0.142. The van der Waals surface area contributed by atoms with Gasteiger partial charge in [0, 0.05) is 6.54 Å². The van der Waals surface area contributed by atoms with Gasteiger partial charge in [-0.05, 0) is 35.9 Å². The van der Waals surface area contributed by atoms with Crippen LogP contribution in [-0.4, -0.2) is 20.5 Å². The van der Waals surface area contributed by atoms with E-state index >= 15 is 0 Å². The van der Waals surface area contributed by atoms with Gasteiger partial charge in [0.2, 0.25) is 0 Å². The molecule has 0 aliphatic carbocycles. The van der Waals surface area contributed by atoms with Crippen LogP contribution in [0.3, 0.4) is 0 Å². The van der Waals surface area contributed by atoms with Crippen LogP contribution < -0.4 is 5.32 Å². The molecule has 3 heterocycles. The average molecular weight is 439 g/mol. The molecule has 30 heavy (non-hydrogen) atoms. The number of hydrogen-bond donors (Lipinski definition) is 1. The lowest BCUT2D eigenvalue weighted by Gasteiger charge is -2.09. The molecule has 4 aromatic rings. The summed E-state index contributed by atoms with van der Waals surface area (Å²) in [5.41, 5.74) is -1.46. The second-order valence-electron chi connectivity index (χ2n) is 6.21. The number of fused-ring (bicyclic) bond motifs is 1. The van der Waals surface area contributed by atoms with Crippen LogP contribution in [0.5, 0.6) is 0 Å². The molecule has 6 nitrogen and oxygen atoms in total. The Hall–Kier alpha value is -3.40. The van der Waals surface area contributed by atoms with E-state index in [1.165, 1.54) is 42.7 Å². The van der Waals surface area contributed by atoms with Crippen LogP contribution in [0.1, 0.15) is 21.7 Å². The minimum atomic E-state index is -4.79. The fourth-order valence-electron chi connectivity index (χ4n) is 2.76. The molecule has 0 spiro atoms. The molecule has 1 N–H and O–H groups in total. The first kappa shape index (κ1) is 19.9. The summed E-state index contributed by atoms with van der Waals surface area (Å²) in [6.07, 6.45) is -3.50. The van der Waals surface area contributed by atoms with Gasteiger partial charge in [0.05, 0.1) is 6.26 Å². The summed E-state index contributed by atoms with van der Waals surface area (Å²) in [7, 11) is 0. The van der Waals surface area contributed by atoms with Gasteiger partial charge in [-0.15, -0.1) is 0 Å². The number of carbonyl (C=O) groups is 1. The molecule has 0 fully saturated rings. The summed E-state index contributed by atoms with van der Waals surface area (Å²) in [5, 5.41) is 5.87. The average Bonchev–Trinajstić information content (AvgIpc) is 3.34. The molecular formula is C19H11ClF4N4O2. The molecule has 0 aliphatic rings. The van der Waals surface area contributed by atoms with E-state index in [0.29, 0.717) is 10.1 Å². The van der Waals surface area contributed by atoms with Crippen molar-refractivity contribution in [1.82, 2.24) is 19.9 Å². The molecule has 0 saturated heterocycles. The summed E-state index contributed by atoms with van der Waals surface area (Å²) in [5.74, 6) is -1.14. The molecule has 0 unspecified atom stereocenters. The van der Waals surface area contributed by atoms with Gasteiger partial charge in [0.15, 0.2) is 22.8 Å². The third-order valence-corrected chi connectivity index (χ3v) is 4.53. The predicted molar refractivity (Wildman–Crippen MR) is 98.3 cm³/mol. The Kier molecular flexibility index (Phi) is 4.94. The number of benzene rings is 1. The summed E-state index contributed by atoms with van der Waals surface area (Å²) >= 11 is 6.16. The Balaban J connectivity index is 1.73. The maximum absolute atomic E-state index is 13.6. The van der Waals surface area contributed by atoms with E-state index in [1.54, 1.807) is 0 Å². The fraction of sp³-hybridized carbons (Fsp3) is 0.105. The van der Waals surface area contributed by atoms with Crippen molar-refractivity contribution in [3.8, 4) is 11.5 Å². The number of aromatic nitrogens is 3. The zero-order valence-electron chi connectivity index (χ0n) is 14.9. The first-order valence-corrected chi connectivity index (χ1v) is 8.85. The summed E-state index contributed by atoms with van der Waals surface area (Å²) < 4.78 is 59.3. The molecule has 0 bridgehead atoms. The van der Waals surface area contributed by atoms with Crippen molar-refractivity contribution >= 4 is 23.2 Å². The largest absolute Gasteiger partial charge is 0.463 e. The topological polar surface area (TPSA) is 72.4 Å². The highest BCUT2D eigenvalue weighted by Crippen LogP contribution is 2.34. The van der Waals surface area contributed by atoms with Crippen molar-refractivity contribution in [2.45, 2.75) is 12.7 Å². The minimum Gasteiger partial charge on any atom is -0.463 e. The SMILES string of the molecule is O=C(NCc1ccc(F)cc1)c1nn2c(C(F)(F)F)cc(-c3ccco3)nc2c1Cl. The van der Waals surface area contributed by atoms with E-state index in [2.05, 4.69) is 15.4 Å². The van der Waals surface area contributed by atoms with Crippen LogP contribution in [0, 0.1) is 5.82 Å². The Morgan fingerprint density at radius 3 is 2.57 bits per heavy atom. The third-order valence-electron chi connectivity index (χ3n) is 4.18. The second kappa shape index (κ2) is 7.45. The number of carbonyl (C=O) groups excluding carboxylic acids is 1. The number of nitrogens with one attached hydrogen (secondary N) is 1. The summed E-state index contributed by atoms with van der Waals surface area (Å²) in [6, 6.07) is 9.06. The Labute approximate surface area is 171 Å². The number of amides is 1. The van der Waals surface area contributed by atoms with Gasteiger partial charge in [0.1, 0.15) is 16.5 Å². The number of hydrogen-bond acceptors (Lipinski definition) is 4. The second-order valence-corrected chi connectivity index (χ2v) is 6.59. The van der Waals surface area contributed by atoms with Crippen LogP contribution >= 0.6 is 11.6 Å². The Morgan fingerprint density at radius 2 is 1.93 bits per heavy atom. The number of halogens is 5. The molecule has 154 valence electrons. The van der Waals surface area contributed by atoms with Gasteiger partial charge < -0.3 is 9.73 Å². The van der Waals surface area contributed by atoms with Crippen molar-refractivity contribution in [2.24, 2.45) is 0 Å². The van der Waals surface area contributed by atoms with Crippen LogP contribution in [0.25, 0.3) is 17.1 Å². The van der Waals surface area contributed by atoms with Gasteiger partial charge >= 0.3 is 6.18 Å². The molecule has 4 rings (SSSR count). The number of alkyl halides is 3. The Morgan fingerprint density at radius 1 is 1.20 bits per heavy atom. The van der Waals surface area contributed by atoms with E-state index < -0.39 is 29.3 Å². The number of furan rings is 1. The zero-order valence-corrected chi connectivity index (χ0v) is 15.6. The fourth-order valence-corrected chi connectivity index (χ4v) is 3.00. The van der Waals surface area contributed by atoms with Crippen molar-refractivity contribution in [1.29, 1.82) is 0 Å². The van der Waals surface area contributed by atoms with Crippen molar-refractivity contribution in [2.75, 3.05) is 0 Å². The molecule has 0 atom stereocenters. The van der Waals surface area contributed by atoms with Gasteiger partial charge in [-0.2, -0.15) is 18.3 Å². The van der Waals surface area contributed by atoms with Gasteiger partial charge in [-0.1, -0.05) is 23.7 Å². The van der Waals surface area contributed by atoms with E-state index in [-0.39, 0.29) is 28.7 Å². The van der Waals surface area contributed by atoms with E-state index in [0.717, 1.165) is 6.07 Å². The molecule has 0 radical (unpaired) electrons. The lowest BCUT2D eigenvalue weighted by atomic mass is 10.2. The van der Waals surface area contributed by atoms with Crippen LogP contribution in [0.15, 0.2) is 53.1 Å². The normalized spacial score (nSPS) is 11.8. The first-order chi connectivity index (χ1) is 14.2. The van der Waals surface area contributed by atoms with Gasteiger partial charge in [-0.3, -0.25) is 4.79 Å².